The number of likely N-dealkylation sites (tertiary alicyclic amines) is 1. The predicted octanol–water partition coefficient (Wildman–Crippen LogP) is 1.95. The first kappa shape index (κ1) is 14.8. The number of amides is 1. The highest BCUT2D eigenvalue weighted by Gasteiger charge is 2.40. The fourth-order valence-corrected chi connectivity index (χ4v) is 3.33. The third kappa shape index (κ3) is 3.69. The van der Waals surface area contributed by atoms with E-state index in [0.717, 1.165) is 38.6 Å². The van der Waals surface area contributed by atoms with Gasteiger partial charge >= 0.3 is 0 Å². The van der Waals surface area contributed by atoms with E-state index in [1.165, 1.54) is 0 Å². The fraction of sp³-hybridized carbons (Fsp3) is 0.933. The molecule has 1 heterocycles. The minimum atomic E-state index is -0.280. The summed E-state index contributed by atoms with van der Waals surface area (Å²) in [5.41, 5.74) is -0.280. The van der Waals surface area contributed by atoms with Gasteiger partial charge in [0.2, 0.25) is 5.91 Å². The Kier molecular flexibility index (Phi) is 4.51. The van der Waals surface area contributed by atoms with Crippen molar-refractivity contribution in [2.24, 2.45) is 5.92 Å². The molecular weight excluding hydrogens is 242 g/mol. The molecule has 1 aliphatic carbocycles. The van der Waals surface area contributed by atoms with Crippen LogP contribution in [-0.2, 0) is 9.53 Å². The Labute approximate surface area is 116 Å². The molecule has 1 N–H and O–H groups in total. The highest BCUT2D eigenvalue weighted by molar-refractivity contribution is 5.78. The molecule has 0 aromatic carbocycles. The first-order chi connectivity index (χ1) is 8.88. The molecule has 1 saturated heterocycles. The molecule has 0 aromatic rings. The Morgan fingerprint density at radius 1 is 1.26 bits per heavy atom. The summed E-state index contributed by atoms with van der Waals surface area (Å²) in [6.07, 6.45) is 4.89. The first-order valence-electron chi connectivity index (χ1n) is 7.50. The molecule has 2 rings (SSSR count). The summed E-state index contributed by atoms with van der Waals surface area (Å²) < 4.78 is 5.59. The van der Waals surface area contributed by atoms with Crippen molar-refractivity contribution in [1.82, 2.24) is 4.90 Å². The van der Waals surface area contributed by atoms with Crippen molar-refractivity contribution in [3.63, 3.8) is 0 Å². The van der Waals surface area contributed by atoms with Crippen LogP contribution in [0.25, 0.3) is 0 Å². The molecule has 1 saturated carbocycles. The predicted molar refractivity (Wildman–Crippen MR) is 73.8 cm³/mol. The molecule has 19 heavy (non-hydrogen) atoms. The quantitative estimate of drug-likeness (QED) is 0.852. The average molecular weight is 269 g/mol. The third-order valence-electron chi connectivity index (χ3n) is 4.27. The van der Waals surface area contributed by atoms with Gasteiger partial charge in [-0.25, -0.2) is 0 Å². The van der Waals surface area contributed by atoms with Gasteiger partial charge in [-0.3, -0.25) is 4.79 Å². The van der Waals surface area contributed by atoms with Crippen LogP contribution >= 0.6 is 0 Å². The van der Waals surface area contributed by atoms with Crippen LogP contribution in [0, 0.1) is 5.92 Å². The molecule has 4 heteroatoms. The molecule has 2 aliphatic rings. The van der Waals surface area contributed by atoms with Gasteiger partial charge in [0.05, 0.1) is 11.7 Å². The zero-order chi connectivity index (χ0) is 14.0. The van der Waals surface area contributed by atoms with E-state index in [-0.39, 0.29) is 36.2 Å². The molecule has 110 valence electrons. The number of nitrogens with zero attached hydrogens (tertiary/aromatic N) is 1. The monoisotopic (exact) mass is 269 g/mol. The van der Waals surface area contributed by atoms with Gasteiger partial charge in [-0.2, -0.15) is 0 Å². The topological polar surface area (TPSA) is 49.8 Å². The average Bonchev–Trinajstić information content (AvgIpc) is 2.92. The van der Waals surface area contributed by atoms with Gasteiger partial charge in [-0.05, 0) is 46.5 Å². The van der Waals surface area contributed by atoms with Gasteiger partial charge in [-0.15, -0.1) is 0 Å². The van der Waals surface area contributed by atoms with Gasteiger partial charge < -0.3 is 14.7 Å². The van der Waals surface area contributed by atoms with Crippen LogP contribution in [0.5, 0.6) is 0 Å². The molecular formula is C15H27NO3. The van der Waals surface area contributed by atoms with Gasteiger partial charge in [0.25, 0.3) is 0 Å². The van der Waals surface area contributed by atoms with Gasteiger partial charge in [0.1, 0.15) is 6.61 Å². The highest BCUT2D eigenvalue weighted by atomic mass is 16.5. The van der Waals surface area contributed by atoms with E-state index in [2.05, 4.69) is 0 Å². The highest BCUT2D eigenvalue weighted by Crippen LogP contribution is 2.35. The first-order valence-corrected chi connectivity index (χ1v) is 7.50. The van der Waals surface area contributed by atoms with Crippen molar-refractivity contribution in [2.75, 3.05) is 13.2 Å². The molecule has 0 spiro atoms. The number of hydrogen-bond acceptors (Lipinski definition) is 3. The van der Waals surface area contributed by atoms with E-state index in [1.807, 2.05) is 25.7 Å². The maximum absolute atomic E-state index is 12.3. The van der Waals surface area contributed by atoms with Crippen LogP contribution < -0.4 is 0 Å². The van der Waals surface area contributed by atoms with Gasteiger partial charge in [0.15, 0.2) is 0 Å². The summed E-state index contributed by atoms with van der Waals surface area (Å²) in [7, 11) is 0. The van der Waals surface area contributed by atoms with E-state index >= 15 is 0 Å². The van der Waals surface area contributed by atoms with E-state index in [9.17, 15) is 9.90 Å². The number of aliphatic hydroxyl groups excluding tert-OH is 1. The maximum Gasteiger partial charge on any atom is 0.248 e. The van der Waals surface area contributed by atoms with Crippen LogP contribution in [0.2, 0.25) is 0 Å². The second kappa shape index (κ2) is 5.80. The summed E-state index contributed by atoms with van der Waals surface area (Å²) in [6, 6.07) is 0.230. The van der Waals surface area contributed by atoms with Gasteiger partial charge in [0, 0.05) is 18.5 Å². The molecule has 0 aromatic heterocycles. The Hall–Kier alpha value is -0.610. The fourth-order valence-electron chi connectivity index (χ4n) is 3.33. The number of aliphatic hydroxyl groups is 1. The second-order valence-corrected chi connectivity index (χ2v) is 6.86. The van der Waals surface area contributed by atoms with E-state index < -0.39 is 0 Å². The maximum atomic E-state index is 12.3. The van der Waals surface area contributed by atoms with Gasteiger partial charge in [-0.1, -0.05) is 6.42 Å². The van der Waals surface area contributed by atoms with E-state index in [0.29, 0.717) is 0 Å². The molecule has 1 amide bonds. The molecule has 4 nitrogen and oxygen atoms in total. The molecule has 3 unspecified atom stereocenters. The summed E-state index contributed by atoms with van der Waals surface area (Å²) in [5, 5.41) is 10.0. The minimum absolute atomic E-state index is 0.0801. The number of rotatable bonds is 3. The lowest BCUT2D eigenvalue weighted by atomic mass is 9.94. The second-order valence-electron chi connectivity index (χ2n) is 6.86. The summed E-state index contributed by atoms with van der Waals surface area (Å²) in [6.45, 7) is 6.86. The molecule has 1 aliphatic heterocycles. The summed E-state index contributed by atoms with van der Waals surface area (Å²) in [4.78, 5) is 14.2. The number of carbonyl (C=O) groups is 1. The SMILES string of the molecule is CC(C)(C)OCC(=O)N1CCCC1C1CCCC1O. The Morgan fingerprint density at radius 3 is 2.58 bits per heavy atom. The molecule has 2 fully saturated rings. The number of carbonyl (C=O) groups excluding carboxylic acids is 1. The third-order valence-corrected chi connectivity index (χ3v) is 4.27. The van der Waals surface area contributed by atoms with Crippen LogP contribution in [0.15, 0.2) is 0 Å². The lowest BCUT2D eigenvalue weighted by molar-refractivity contribution is -0.143. The lowest BCUT2D eigenvalue weighted by Crippen LogP contribution is -2.44. The van der Waals surface area contributed by atoms with Crippen LogP contribution in [0.1, 0.15) is 52.9 Å². The van der Waals surface area contributed by atoms with Crippen molar-refractivity contribution >= 4 is 5.91 Å². The largest absolute Gasteiger partial charge is 0.393 e. The Bertz CT molecular complexity index is 324. The zero-order valence-corrected chi connectivity index (χ0v) is 12.4. The number of hydrogen-bond donors (Lipinski definition) is 1. The summed E-state index contributed by atoms with van der Waals surface area (Å²) >= 11 is 0. The van der Waals surface area contributed by atoms with E-state index in [4.69, 9.17) is 4.74 Å². The molecule has 0 bridgehead atoms. The van der Waals surface area contributed by atoms with E-state index in [1.54, 1.807) is 0 Å². The van der Waals surface area contributed by atoms with Crippen molar-refractivity contribution in [1.29, 1.82) is 0 Å². The lowest BCUT2D eigenvalue weighted by Gasteiger charge is -2.32. The zero-order valence-electron chi connectivity index (χ0n) is 12.4. The Balaban J connectivity index is 1.92. The van der Waals surface area contributed by atoms with Crippen LogP contribution in [0.4, 0.5) is 0 Å². The van der Waals surface area contributed by atoms with Crippen LogP contribution in [-0.4, -0.2) is 46.8 Å². The van der Waals surface area contributed by atoms with Crippen molar-refractivity contribution in [3.8, 4) is 0 Å². The van der Waals surface area contributed by atoms with Crippen molar-refractivity contribution < 1.29 is 14.6 Å². The smallest absolute Gasteiger partial charge is 0.248 e. The normalized spacial score (nSPS) is 32.0. The molecule has 3 atom stereocenters. The number of ether oxygens (including phenoxy) is 1. The Morgan fingerprint density at radius 2 is 2.00 bits per heavy atom. The summed E-state index contributed by atoms with van der Waals surface area (Å²) in [5.74, 6) is 0.359. The minimum Gasteiger partial charge on any atom is -0.393 e. The van der Waals surface area contributed by atoms with Crippen molar-refractivity contribution in [2.45, 2.75) is 70.6 Å². The van der Waals surface area contributed by atoms with Crippen LogP contribution in [0.3, 0.4) is 0 Å². The van der Waals surface area contributed by atoms with Crippen molar-refractivity contribution in [3.05, 3.63) is 0 Å². The standard InChI is InChI=1S/C15H27NO3/c1-15(2,3)19-10-14(18)16-9-5-7-12(16)11-6-4-8-13(11)17/h11-13,17H,4-10H2,1-3H3. The molecule has 0 radical (unpaired) electrons.